The minimum absolute atomic E-state index is 0.100. The number of aromatic amines is 1. The molecule has 0 aliphatic rings. The number of nitrogens with zero attached hydrogens (tertiary/aromatic N) is 1. The summed E-state index contributed by atoms with van der Waals surface area (Å²) in [5, 5.41) is 18.3. The van der Waals surface area contributed by atoms with Crippen LogP contribution in [0.5, 0.6) is 0 Å². The van der Waals surface area contributed by atoms with Gasteiger partial charge in [-0.1, -0.05) is 20.8 Å². The van der Waals surface area contributed by atoms with E-state index < -0.39 is 11.9 Å². The summed E-state index contributed by atoms with van der Waals surface area (Å²) in [6, 6.07) is 1.62. The van der Waals surface area contributed by atoms with Gasteiger partial charge in [-0.05, 0) is 24.8 Å². The number of aromatic nitrogens is 2. The summed E-state index contributed by atoms with van der Waals surface area (Å²) < 4.78 is 0. The van der Waals surface area contributed by atoms with E-state index in [4.69, 9.17) is 5.11 Å². The first kappa shape index (κ1) is 15.2. The number of rotatable bonds is 5. The molecule has 6 heteroatoms. The molecule has 1 rings (SSSR count). The number of aliphatic carboxylic acids is 1. The Balaban J connectivity index is 2.57. The first-order valence-corrected chi connectivity index (χ1v) is 6.22. The molecule has 19 heavy (non-hydrogen) atoms. The lowest BCUT2D eigenvalue weighted by Crippen LogP contribution is -2.35. The van der Waals surface area contributed by atoms with Crippen molar-refractivity contribution in [3.63, 3.8) is 0 Å². The number of aryl methyl sites for hydroxylation is 1. The molecule has 1 aromatic rings. The van der Waals surface area contributed by atoms with Crippen LogP contribution in [0.15, 0.2) is 6.07 Å². The first-order chi connectivity index (χ1) is 8.69. The Kier molecular flexibility index (Phi) is 4.69. The number of hydrogen-bond acceptors (Lipinski definition) is 3. The normalized spacial score (nSPS) is 13.1. The van der Waals surface area contributed by atoms with Gasteiger partial charge in [-0.2, -0.15) is 5.10 Å². The average Bonchev–Trinajstić information content (AvgIpc) is 2.68. The molecule has 3 N–H and O–H groups in total. The maximum atomic E-state index is 11.8. The smallest absolute Gasteiger partial charge is 0.308 e. The molecular formula is C13H21N3O3. The van der Waals surface area contributed by atoms with Gasteiger partial charge in [0, 0.05) is 12.2 Å². The first-order valence-electron chi connectivity index (χ1n) is 6.22. The van der Waals surface area contributed by atoms with Gasteiger partial charge in [0.2, 0.25) is 0 Å². The van der Waals surface area contributed by atoms with Gasteiger partial charge in [0.25, 0.3) is 5.91 Å². The Labute approximate surface area is 112 Å². The molecular weight excluding hydrogens is 246 g/mol. The zero-order valence-corrected chi connectivity index (χ0v) is 11.8. The van der Waals surface area contributed by atoms with Gasteiger partial charge in [0.15, 0.2) is 0 Å². The van der Waals surface area contributed by atoms with Crippen molar-refractivity contribution in [2.75, 3.05) is 6.54 Å². The van der Waals surface area contributed by atoms with E-state index in [1.807, 2.05) is 20.8 Å². The maximum Gasteiger partial charge on any atom is 0.308 e. The van der Waals surface area contributed by atoms with Crippen LogP contribution in [0.4, 0.5) is 0 Å². The Morgan fingerprint density at radius 1 is 1.47 bits per heavy atom. The van der Waals surface area contributed by atoms with Crippen molar-refractivity contribution in [1.82, 2.24) is 15.5 Å². The van der Waals surface area contributed by atoms with E-state index in [1.165, 1.54) is 0 Å². The number of carbonyl (C=O) groups is 2. The van der Waals surface area contributed by atoms with Crippen molar-refractivity contribution < 1.29 is 14.7 Å². The molecule has 1 amide bonds. The average molecular weight is 267 g/mol. The second-order valence-electron chi connectivity index (χ2n) is 5.95. The summed E-state index contributed by atoms with van der Waals surface area (Å²) in [5.74, 6) is -1.85. The van der Waals surface area contributed by atoms with Gasteiger partial charge in [-0.25, -0.2) is 0 Å². The van der Waals surface area contributed by atoms with Gasteiger partial charge in [0.1, 0.15) is 5.69 Å². The van der Waals surface area contributed by atoms with E-state index in [-0.39, 0.29) is 23.6 Å². The second kappa shape index (κ2) is 5.86. The standard InChI is InChI=1S/C13H21N3O3/c1-8-5-10(16-15-8)11(17)14-7-9(12(18)19)6-13(2,3)4/h5,9H,6-7H2,1-4H3,(H,14,17)(H,15,16)(H,18,19). The van der Waals surface area contributed by atoms with Crippen molar-refractivity contribution in [1.29, 1.82) is 0 Å². The van der Waals surface area contributed by atoms with Crippen LogP contribution in [-0.4, -0.2) is 33.7 Å². The third-order valence-electron chi connectivity index (χ3n) is 2.66. The molecule has 0 bridgehead atoms. The van der Waals surface area contributed by atoms with Gasteiger partial charge in [-0.3, -0.25) is 14.7 Å². The van der Waals surface area contributed by atoms with Crippen molar-refractivity contribution in [2.24, 2.45) is 11.3 Å². The van der Waals surface area contributed by atoms with Crippen LogP contribution >= 0.6 is 0 Å². The lowest BCUT2D eigenvalue weighted by atomic mass is 9.84. The van der Waals surface area contributed by atoms with Crippen molar-refractivity contribution in [2.45, 2.75) is 34.1 Å². The molecule has 0 radical (unpaired) electrons. The Morgan fingerprint density at radius 3 is 2.53 bits per heavy atom. The van der Waals surface area contributed by atoms with Gasteiger partial charge in [-0.15, -0.1) is 0 Å². The highest BCUT2D eigenvalue weighted by Crippen LogP contribution is 2.24. The molecule has 1 aromatic heterocycles. The lowest BCUT2D eigenvalue weighted by Gasteiger charge is -2.23. The fourth-order valence-electron chi connectivity index (χ4n) is 1.83. The van der Waals surface area contributed by atoms with Crippen LogP contribution in [-0.2, 0) is 4.79 Å². The summed E-state index contributed by atoms with van der Waals surface area (Å²) in [7, 11) is 0. The topological polar surface area (TPSA) is 95.1 Å². The third-order valence-corrected chi connectivity index (χ3v) is 2.66. The zero-order valence-electron chi connectivity index (χ0n) is 11.8. The van der Waals surface area contributed by atoms with Crippen LogP contribution in [0, 0.1) is 18.3 Å². The summed E-state index contributed by atoms with van der Waals surface area (Å²) in [6.07, 6.45) is 0.502. The molecule has 0 saturated carbocycles. The van der Waals surface area contributed by atoms with Crippen molar-refractivity contribution in [3.05, 3.63) is 17.5 Å². The largest absolute Gasteiger partial charge is 0.481 e. The summed E-state index contributed by atoms with van der Waals surface area (Å²) in [5.41, 5.74) is 0.962. The molecule has 0 fully saturated rings. The molecule has 1 unspecified atom stereocenters. The number of H-pyrrole nitrogens is 1. The number of carboxylic acid groups (broad SMARTS) is 1. The Hall–Kier alpha value is -1.85. The molecule has 0 aliphatic carbocycles. The molecule has 0 spiro atoms. The van der Waals surface area contributed by atoms with E-state index in [2.05, 4.69) is 15.5 Å². The van der Waals surface area contributed by atoms with E-state index in [0.29, 0.717) is 6.42 Å². The van der Waals surface area contributed by atoms with E-state index >= 15 is 0 Å². The molecule has 1 atom stereocenters. The quantitative estimate of drug-likeness (QED) is 0.755. The highest BCUT2D eigenvalue weighted by molar-refractivity contribution is 5.92. The summed E-state index contributed by atoms with van der Waals surface area (Å²) >= 11 is 0. The number of carboxylic acids is 1. The van der Waals surface area contributed by atoms with Crippen LogP contribution < -0.4 is 5.32 Å². The monoisotopic (exact) mass is 267 g/mol. The van der Waals surface area contributed by atoms with E-state index in [0.717, 1.165) is 5.69 Å². The molecule has 0 saturated heterocycles. The minimum Gasteiger partial charge on any atom is -0.481 e. The summed E-state index contributed by atoms with van der Waals surface area (Å²) in [6.45, 7) is 7.83. The molecule has 0 aliphatic heterocycles. The highest BCUT2D eigenvalue weighted by Gasteiger charge is 2.25. The van der Waals surface area contributed by atoms with Crippen molar-refractivity contribution in [3.8, 4) is 0 Å². The molecule has 1 heterocycles. The minimum atomic E-state index is -0.895. The van der Waals surface area contributed by atoms with Gasteiger partial charge in [0.05, 0.1) is 5.92 Å². The highest BCUT2D eigenvalue weighted by atomic mass is 16.4. The molecule has 6 nitrogen and oxygen atoms in total. The zero-order chi connectivity index (χ0) is 14.6. The number of carbonyl (C=O) groups excluding carboxylic acids is 1. The Bertz CT molecular complexity index is 460. The molecule has 0 aromatic carbocycles. The fraction of sp³-hybridized carbons (Fsp3) is 0.615. The predicted octanol–water partition coefficient (Wildman–Crippen LogP) is 1.58. The van der Waals surface area contributed by atoms with Crippen molar-refractivity contribution >= 4 is 11.9 Å². The number of amides is 1. The fourth-order valence-corrected chi connectivity index (χ4v) is 1.83. The predicted molar refractivity (Wildman–Crippen MR) is 70.9 cm³/mol. The second-order valence-corrected chi connectivity index (χ2v) is 5.95. The van der Waals surface area contributed by atoms with Crippen LogP contribution in [0.2, 0.25) is 0 Å². The van der Waals surface area contributed by atoms with Crippen LogP contribution in [0.1, 0.15) is 43.4 Å². The lowest BCUT2D eigenvalue weighted by molar-refractivity contribution is -0.142. The van der Waals surface area contributed by atoms with Crippen LogP contribution in [0.3, 0.4) is 0 Å². The van der Waals surface area contributed by atoms with Crippen LogP contribution in [0.25, 0.3) is 0 Å². The van der Waals surface area contributed by atoms with Gasteiger partial charge >= 0.3 is 5.97 Å². The van der Waals surface area contributed by atoms with Gasteiger partial charge < -0.3 is 10.4 Å². The Morgan fingerprint density at radius 2 is 2.11 bits per heavy atom. The molecule has 106 valence electrons. The third kappa shape index (κ3) is 5.11. The van der Waals surface area contributed by atoms with E-state index in [9.17, 15) is 9.59 Å². The van der Waals surface area contributed by atoms with E-state index in [1.54, 1.807) is 13.0 Å². The SMILES string of the molecule is Cc1cc(C(=O)NCC(CC(C)(C)C)C(=O)O)n[nH]1. The summed E-state index contributed by atoms with van der Waals surface area (Å²) in [4.78, 5) is 22.9. The number of nitrogens with one attached hydrogen (secondary N) is 2. The maximum absolute atomic E-state index is 11.8. The number of hydrogen-bond donors (Lipinski definition) is 3.